The second kappa shape index (κ2) is 7.52. The molecule has 0 spiro atoms. The van der Waals surface area contributed by atoms with Gasteiger partial charge in [0.2, 0.25) is 0 Å². The average Bonchev–Trinajstić information content (AvgIpc) is 3.04. The Morgan fingerprint density at radius 1 is 1.17 bits per heavy atom. The van der Waals surface area contributed by atoms with Gasteiger partial charge in [0, 0.05) is 11.0 Å². The summed E-state index contributed by atoms with van der Waals surface area (Å²) in [4.78, 5) is 13.3. The molecule has 2 fully saturated rings. The van der Waals surface area contributed by atoms with E-state index in [1.807, 2.05) is 6.08 Å². The Hall–Kier alpha value is -1.15. The fourth-order valence-corrected chi connectivity index (χ4v) is 7.23. The molecule has 0 saturated heterocycles. The van der Waals surface area contributed by atoms with E-state index in [4.69, 9.17) is 0 Å². The van der Waals surface area contributed by atoms with Crippen LogP contribution in [0.2, 0.25) is 0 Å². The minimum Gasteiger partial charge on any atom is -0.393 e. The van der Waals surface area contributed by atoms with Crippen molar-refractivity contribution in [3.05, 3.63) is 34.9 Å². The summed E-state index contributed by atoms with van der Waals surface area (Å²) in [5.74, 6) is 2.58. The van der Waals surface area contributed by atoms with Crippen LogP contribution in [0.4, 0.5) is 0 Å². The first kappa shape index (κ1) is 21.1. The molecule has 0 aromatic heterocycles. The van der Waals surface area contributed by atoms with Gasteiger partial charge in [-0.1, -0.05) is 64.3 Å². The molecule has 0 aromatic rings. The van der Waals surface area contributed by atoms with E-state index in [9.17, 15) is 9.90 Å². The van der Waals surface area contributed by atoms with Crippen LogP contribution >= 0.6 is 0 Å². The van der Waals surface area contributed by atoms with Crippen molar-refractivity contribution in [1.82, 2.24) is 0 Å². The molecule has 0 radical (unpaired) electrons. The summed E-state index contributed by atoms with van der Waals surface area (Å²) in [6.45, 7) is 11.8. The third-order valence-corrected chi connectivity index (χ3v) is 9.40. The Bertz CT molecular complexity index is 771. The number of carbonyl (C=O) groups is 1. The van der Waals surface area contributed by atoms with E-state index in [0.717, 1.165) is 25.7 Å². The molecular formula is C27H40O2. The molecule has 7 atom stereocenters. The lowest BCUT2D eigenvalue weighted by Crippen LogP contribution is -2.44. The number of carbonyl (C=O) groups excluding carboxylic acids is 1. The van der Waals surface area contributed by atoms with Crippen LogP contribution in [-0.2, 0) is 4.79 Å². The molecule has 29 heavy (non-hydrogen) atoms. The molecule has 0 heterocycles. The van der Waals surface area contributed by atoms with Crippen molar-refractivity contribution in [2.75, 3.05) is 0 Å². The number of hydrogen-bond acceptors (Lipinski definition) is 2. The SMILES string of the molecule is CCC(C)/C=C/[C@@H](C)[C@H]1CC[C@H]2C3=C(CC[C@]12C)[C@@]1(C)CC[C@H](O)CC1=CC3=O. The quantitative estimate of drug-likeness (QED) is 0.558. The number of aliphatic hydroxyl groups is 1. The summed E-state index contributed by atoms with van der Waals surface area (Å²) in [5.41, 5.74) is 4.08. The highest BCUT2D eigenvalue weighted by Gasteiger charge is 2.56. The Labute approximate surface area is 177 Å². The van der Waals surface area contributed by atoms with Crippen LogP contribution in [0.5, 0.6) is 0 Å². The smallest absolute Gasteiger partial charge is 0.182 e. The van der Waals surface area contributed by atoms with Crippen molar-refractivity contribution < 1.29 is 9.90 Å². The van der Waals surface area contributed by atoms with Crippen LogP contribution in [0, 0.1) is 34.5 Å². The molecule has 4 aliphatic rings. The zero-order valence-electron chi connectivity index (χ0n) is 19.1. The van der Waals surface area contributed by atoms with Gasteiger partial charge in [-0.25, -0.2) is 0 Å². The van der Waals surface area contributed by atoms with Gasteiger partial charge in [0.25, 0.3) is 0 Å². The number of allylic oxidation sites excluding steroid dienone is 5. The monoisotopic (exact) mass is 396 g/mol. The third-order valence-electron chi connectivity index (χ3n) is 9.40. The first-order valence-electron chi connectivity index (χ1n) is 12.1. The first-order valence-corrected chi connectivity index (χ1v) is 12.1. The van der Waals surface area contributed by atoms with Gasteiger partial charge < -0.3 is 5.11 Å². The van der Waals surface area contributed by atoms with Gasteiger partial charge in [-0.2, -0.15) is 0 Å². The second-order valence-corrected chi connectivity index (χ2v) is 11.0. The number of hydrogen-bond donors (Lipinski definition) is 1. The Balaban J connectivity index is 1.64. The Kier molecular flexibility index (Phi) is 5.47. The van der Waals surface area contributed by atoms with E-state index < -0.39 is 0 Å². The maximum atomic E-state index is 13.3. The summed E-state index contributed by atoms with van der Waals surface area (Å²) in [6.07, 6.45) is 14.9. The highest BCUT2D eigenvalue weighted by Crippen LogP contribution is 2.64. The molecule has 0 amide bonds. The number of aliphatic hydroxyl groups excluding tert-OH is 1. The fraction of sp³-hybridized carbons (Fsp3) is 0.741. The maximum absolute atomic E-state index is 13.3. The Morgan fingerprint density at radius 3 is 2.66 bits per heavy atom. The predicted molar refractivity (Wildman–Crippen MR) is 119 cm³/mol. The molecule has 0 aromatic carbocycles. The van der Waals surface area contributed by atoms with Gasteiger partial charge >= 0.3 is 0 Å². The van der Waals surface area contributed by atoms with Gasteiger partial charge in [-0.05, 0) is 80.1 Å². The van der Waals surface area contributed by atoms with Crippen LogP contribution in [0.3, 0.4) is 0 Å². The normalized spacial score (nSPS) is 41.7. The van der Waals surface area contributed by atoms with Gasteiger partial charge in [0.05, 0.1) is 6.10 Å². The minimum atomic E-state index is -0.271. The van der Waals surface area contributed by atoms with Crippen molar-refractivity contribution in [3.8, 4) is 0 Å². The summed E-state index contributed by atoms with van der Waals surface area (Å²) in [5, 5.41) is 10.2. The zero-order valence-corrected chi connectivity index (χ0v) is 19.1. The van der Waals surface area contributed by atoms with Crippen molar-refractivity contribution in [3.63, 3.8) is 0 Å². The summed E-state index contributed by atoms with van der Waals surface area (Å²) < 4.78 is 0. The molecule has 1 N–H and O–H groups in total. The Morgan fingerprint density at radius 2 is 1.93 bits per heavy atom. The van der Waals surface area contributed by atoms with Crippen LogP contribution in [0.25, 0.3) is 0 Å². The molecule has 4 rings (SSSR count). The average molecular weight is 397 g/mol. The molecular weight excluding hydrogens is 356 g/mol. The zero-order chi connectivity index (χ0) is 21.0. The summed E-state index contributed by atoms with van der Waals surface area (Å²) >= 11 is 0. The molecule has 2 heteroatoms. The topological polar surface area (TPSA) is 37.3 Å². The number of ketones is 1. The summed E-state index contributed by atoms with van der Waals surface area (Å²) in [6, 6.07) is 0. The van der Waals surface area contributed by atoms with Crippen molar-refractivity contribution in [2.45, 2.75) is 92.1 Å². The standard InChI is InChI=1S/C27H40O2/c1-6-17(2)7-8-18(3)21-9-10-22-25-23(12-14-27(21,22)5)26(4)13-11-20(28)15-19(26)16-24(25)29/h7-8,16-18,20-22,28H,6,9-15H2,1-5H3/b8-7+/t17?,18-,20+,21-,22+,26+,27-/m1/s1. The molecule has 0 bridgehead atoms. The van der Waals surface area contributed by atoms with Gasteiger partial charge in [0.1, 0.15) is 0 Å². The van der Waals surface area contributed by atoms with Crippen molar-refractivity contribution in [2.24, 2.45) is 34.5 Å². The van der Waals surface area contributed by atoms with Crippen LogP contribution in [-0.4, -0.2) is 17.0 Å². The van der Waals surface area contributed by atoms with E-state index in [1.165, 1.54) is 36.0 Å². The van der Waals surface area contributed by atoms with Gasteiger partial charge in [-0.15, -0.1) is 0 Å². The largest absolute Gasteiger partial charge is 0.393 e. The van der Waals surface area contributed by atoms with E-state index in [0.29, 0.717) is 30.1 Å². The maximum Gasteiger partial charge on any atom is 0.182 e. The van der Waals surface area contributed by atoms with Gasteiger partial charge in [0.15, 0.2) is 5.78 Å². The van der Waals surface area contributed by atoms with E-state index in [1.54, 1.807) is 0 Å². The molecule has 0 aliphatic heterocycles. The highest BCUT2D eigenvalue weighted by atomic mass is 16.3. The lowest BCUT2D eigenvalue weighted by atomic mass is 9.53. The highest BCUT2D eigenvalue weighted by molar-refractivity contribution is 6.07. The second-order valence-electron chi connectivity index (χ2n) is 11.0. The predicted octanol–water partition coefficient (Wildman–Crippen LogP) is 6.41. The summed E-state index contributed by atoms with van der Waals surface area (Å²) in [7, 11) is 0. The van der Waals surface area contributed by atoms with Gasteiger partial charge in [-0.3, -0.25) is 4.79 Å². The van der Waals surface area contributed by atoms with Crippen LogP contribution < -0.4 is 0 Å². The molecule has 4 aliphatic carbocycles. The number of fused-ring (bicyclic) bond motifs is 4. The van der Waals surface area contributed by atoms with Crippen molar-refractivity contribution in [1.29, 1.82) is 0 Å². The lowest BCUT2D eigenvalue weighted by Gasteiger charge is -2.51. The molecule has 2 saturated carbocycles. The van der Waals surface area contributed by atoms with Crippen LogP contribution in [0.15, 0.2) is 34.9 Å². The third kappa shape index (κ3) is 3.30. The van der Waals surface area contributed by atoms with E-state index in [2.05, 4.69) is 46.8 Å². The molecule has 1 unspecified atom stereocenters. The van der Waals surface area contributed by atoms with E-state index >= 15 is 0 Å². The minimum absolute atomic E-state index is 0.0178. The van der Waals surface area contributed by atoms with Crippen LogP contribution in [0.1, 0.15) is 86.0 Å². The lowest BCUT2D eigenvalue weighted by molar-refractivity contribution is -0.113. The molecule has 2 nitrogen and oxygen atoms in total. The number of rotatable bonds is 4. The fourth-order valence-electron chi connectivity index (χ4n) is 7.23. The van der Waals surface area contributed by atoms with Crippen molar-refractivity contribution >= 4 is 5.78 Å². The molecule has 160 valence electrons. The first-order chi connectivity index (χ1) is 13.7. The van der Waals surface area contributed by atoms with E-state index in [-0.39, 0.29) is 22.7 Å².